The van der Waals surface area contributed by atoms with Crippen molar-refractivity contribution in [1.29, 1.82) is 0 Å². The fraction of sp³-hybridized carbons (Fsp3) is 0.873. The number of ether oxygens (including phenoxy) is 1. The Bertz CT molecular complexity index is 1420. The minimum atomic E-state index is -0.667. The van der Waals surface area contributed by atoms with Crippen LogP contribution >= 0.6 is 0 Å². The molecule has 0 fully saturated rings. The van der Waals surface area contributed by atoms with Gasteiger partial charge in [0, 0.05) is 12.8 Å². The van der Waals surface area contributed by atoms with Gasteiger partial charge in [-0.05, 0) is 89.9 Å². The molecule has 0 aliphatic carbocycles. The van der Waals surface area contributed by atoms with Crippen LogP contribution in [0.4, 0.5) is 0 Å². The molecule has 500 valence electrons. The van der Waals surface area contributed by atoms with Crippen LogP contribution in [0.5, 0.6) is 0 Å². The first-order chi connectivity index (χ1) is 42.0. The number of unbranched alkanes of at least 4 members (excludes halogenated alkanes) is 53. The minimum absolute atomic E-state index is 0.00158. The zero-order valence-electron chi connectivity index (χ0n) is 57.4. The van der Waals surface area contributed by atoms with Crippen molar-refractivity contribution in [3.05, 3.63) is 48.6 Å². The Labute approximate surface area is 531 Å². The number of carbonyl (C=O) groups excluding carboxylic acids is 2. The molecule has 0 bridgehead atoms. The third-order valence-electron chi connectivity index (χ3n) is 17.9. The van der Waals surface area contributed by atoms with E-state index < -0.39 is 12.1 Å². The Kier molecular flexibility index (Phi) is 72.4. The van der Waals surface area contributed by atoms with Crippen molar-refractivity contribution in [1.82, 2.24) is 5.32 Å². The molecular formula is C79H149NO5. The number of hydrogen-bond donors (Lipinski definition) is 3. The molecule has 0 saturated heterocycles. The molecule has 0 aromatic rings. The van der Waals surface area contributed by atoms with Gasteiger partial charge >= 0.3 is 5.97 Å². The summed E-state index contributed by atoms with van der Waals surface area (Å²) in [6, 6.07) is -0.545. The molecule has 0 aromatic heterocycles. The number of allylic oxidation sites excluding steroid dienone is 8. The van der Waals surface area contributed by atoms with Crippen LogP contribution in [0.2, 0.25) is 0 Å². The molecule has 1 amide bonds. The van der Waals surface area contributed by atoms with Gasteiger partial charge in [0.25, 0.3) is 0 Å². The number of rotatable bonds is 72. The van der Waals surface area contributed by atoms with E-state index in [0.717, 1.165) is 57.8 Å². The van der Waals surface area contributed by atoms with E-state index in [1.807, 2.05) is 0 Å². The minimum Gasteiger partial charge on any atom is -0.466 e. The van der Waals surface area contributed by atoms with Crippen molar-refractivity contribution in [3.8, 4) is 0 Å². The lowest BCUT2D eigenvalue weighted by Crippen LogP contribution is -2.45. The lowest BCUT2D eigenvalue weighted by Gasteiger charge is -2.22. The van der Waals surface area contributed by atoms with Gasteiger partial charge in [-0.3, -0.25) is 9.59 Å². The van der Waals surface area contributed by atoms with E-state index in [2.05, 4.69) is 67.8 Å². The van der Waals surface area contributed by atoms with Crippen molar-refractivity contribution in [3.63, 3.8) is 0 Å². The van der Waals surface area contributed by atoms with Crippen molar-refractivity contribution < 1.29 is 24.5 Å². The second kappa shape index (κ2) is 74.3. The normalized spacial score (nSPS) is 12.8. The first kappa shape index (κ1) is 82.8. The quantitative estimate of drug-likeness (QED) is 0.0320. The van der Waals surface area contributed by atoms with Gasteiger partial charge in [-0.25, -0.2) is 0 Å². The number of aliphatic hydroxyl groups is 2. The lowest BCUT2D eigenvalue weighted by atomic mass is 10.0. The monoisotopic (exact) mass is 1190 g/mol. The van der Waals surface area contributed by atoms with Gasteiger partial charge in [0.15, 0.2) is 0 Å². The summed E-state index contributed by atoms with van der Waals surface area (Å²) in [7, 11) is 0. The van der Waals surface area contributed by atoms with Crippen LogP contribution in [-0.4, -0.2) is 47.4 Å². The van der Waals surface area contributed by atoms with Crippen molar-refractivity contribution in [2.45, 2.75) is 431 Å². The van der Waals surface area contributed by atoms with Crippen LogP contribution < -0.4 is 5.32 Å². The molecule has 3 N–H and O–H groups in total. The first-order valence-corrected chi connectivity index (χ1v) is 38.4. The van der Waals surface area contributed by atoms with E-state index in [-0.39, 0.29) is 18.5 Å². The highest BCUT2D eigenvalue weighted by Gasteiger charge is 2.20. The van der Waals surface area contributed by atoms with Crippen LogP contribution in [0, 0.1) is 0 Å². The van der Waals surface area contributed by atoms with Gasteiger partial charge in [-0.1, -0.05) is 364 Å². The molecule has 0 rings (SSSR count). The fourth-order valence-electron chi connectivity index (χ4n) is 12.0. The summed E-state index contributed by atoms with van der Waals surface area (Å²) >= 11 is 0. The predicted octanol–water partition coefficient (Wildman–Crippen LogP) is 25.2. The van der Waals surface area contributed by atoms with Gasteiger partial charge < -0.3 is 20.3 Å². The number of esters is 1. The summed E-state index contributed by atoms with van der Waals surface area (Å²) in [6.45, 7) is 4.95. The van der Waals surface area contributed by atoms with Crippen molar-refractivity contribution in [2.75, 3.05) is 13.2 Å². The van der Waals surface area contributed by atoms with Crippen LogP contribution in [0.1, 0.15) is 418 Å². The Morgan fingerprint density at radius 1 is 0.329 bits per heavy atom. The average Bonchev–Trinajstić information content (AvgIpc) is 3.51. The van der Waals surface area contributed by atoms with E-state index in [1.165, 1.54) is 327 Å². The SMILES string of the molecule is CCCCC/C=C\C/C=C\CCCCCCCC(=O)OCCCCCCCCCCC/C=C\C/C=C\CCCCCCCCCCCCCCCC(=O)NC(CO)C(O)CCCCCCCCCCCCCCCCCCCCCCCCCC. The zero-order chi connectivity index (χ0) is 61.3. The highest BCUT2D eigenvalue weighted by atomic mass is 16.5. The standard InChI is InChI=1S/C79H149NO5/c1-3-5-7-9-11-13-15-17-19-20-21-22-23-31-34-37-40-44-47-51-55-59-63-67-71-77(82)76(75-81)80-78(83)72-68-64-60-56-52-48-45-41-38-35-32-29-27-25-24-26-28-30-33-36-39-42-46-50-54-58-62-66-70-74-85-79(84)73-69-65-61-57-53-49-43-18-16-14-12-10-8-6-4-2/h12,14,18,24,26,30,33,43,76-77,81-82H,3-11,13,15-17,19-23,25,27-29,31-32,34-42,44-75H2,1-2H3,(H,80,83)/b14-12-,26-24-,33-30-,43-18-. The molecule has 0 spiro atoms. The number of hydrogen-bond acceptors (Lipinski definition) is 5. The topological polar surface area (TPSA) is 95.9 Å². The third-order valence-corrected chi connectivity index (χ3v) is 17.9. The second-order valence-electron chi connectivity index (χ2n) is 26.3. The van der Waals surface area contributed by atoms with Gasteiger partial charge in [0.1, 0.15) is 0 Å². The number of amides is 1. The number of aliphatic hydroxyl groups excluding tert-OH is 2. The highest BCUT2D eigenvalue weighted by Crippen LogP contribution is 2.19. The van der Waals surface area contributed by atoms with E-state index in [0.29, 0.717) is 25.9 Å². The van der Waals surface area contributed by atoms with Gasteiger partial charge in [-0.2, -0.15) is 0 Å². The molecule has 0 saturated carbocycles. The zero-order valence-corrected chi connectivity index (χ0v) is 57.4. The summed E-state index contributed by atoms with van der Waals surface area (Å²) < 4.78 is 5.48. The largest absolute Gasteiger partial charge is 0.466 e. The van der Waals surface area contributed by atoms with Gasteiger partial charge in [-0.15, -0.1) is 0 Å². The number of carbonyl (C=O) groups is 2. The maximum absolute atomic E-state index is 12.6. The van der Waals surface area contributed by atoms with Gasteiger partial charge in [0.05, 0.1) is 25.4 Å². The first-order valence-electron chi connectivity index (χ1n) is 38.4. The van der Waals surface area contributed by atoms with E-state index in [1.54, 1.807) is 0 Å². The van der Waals surface area contributed by atoms with Crippen LogP contribution in [-0.2, 0) is 14.3 Å². The maximum Gasteiger partial charge on any atom is 0.305 e. The molecule has 0 aromatic carbocycles. The third kappa shape index (κ3) is 70.8. The Hall–Kier alpha value is -2.18. The molecule has 0 radical (unpaired) electrons. The summed E-state index contributed by atoms with van der Waals surface area (Å²) in [5.41, 5.74) is 0. The number of nitrogens with one attached hydrogen (secondary N) is 1. The summed E-state index contributed by atoms with van der Waals surface area (Å²) in [6.07, 6.45) is 97.5. The van der Waals surface area contributed by atoms with Crippen LogP contribution in [0.15, 0.2) is 48.6 Å². The molecule has 0 heterocycles. The molecule has 6 nitrogen and oxygen atoms in total. The summed E-state index contributed by atoms with van der Waals surface area (Å²) in [4.78, 5) is 24.6. The molecule has 0 aliphatic heterocycles. The molecule has 6 heteroatoms. The van der Waals surface area contributed by atoms with Crippen molar-refractivity contribution >= 4 is 11.9 Å². The smallest absolute Gasteiger partial charge is 0.305 e. The summed E-state index contributed by atoms with van der Waals surface area (Å²) in [5.74, 6) is -0.0331. The molecule has 2 unspecified atom stereocenters. The van der Waals surface area contributed by atoms with Crippen LogP contribution in [0.25, 0.3) is 0 Å². The van der Waals surface area contributed by atoms with E-state index >= 15 is 0 Å². The fourth-order valence-corrected chi connectivity index (χ4v) is 12.0. The van der Waals surface area contributed by atoms with Gasteiger partial charge in [0.2, 0.25) is 5.91 Å². The molecule has 85 heavy (non-hydrogen) atoms. The van der Waals surface area contributed by atoms with E-state index in [9.17, 15) is 19.8 Å². The van der Waals surface area contributed by atoms with Crippen LogP contribution in [0.3, 0.4) is 0 Å². The average molecular weight is 1190 g/mol. The lowest BCUT2D eigenvalue weighted by molar-refractivity contribution is -0.143. The molecule has 0 aliphatic rings. The van der Waals surface area contributed by atoms with Crippen molar-refractivity contribution in [2.24, 2.45) is 0 Å². The Morgan fingerprint density at radius 2 is 0.588 bits per heavy atom. The Balaban J connectivity index is 3.41. The molecule has 2 atom stereocenters. The van der Waals surface area contributed by atoms with E-state index in [4.69, 9.17) is 4.74 Å². The Morgan fingerprint density at radius 3 is 0.918 bits per heavy atom. The maximum atomic E-state index is 12.6. The predicted molar refractivity (Wildman–Crippen MR) is 375 cm³/mol. The highest BCUT2D eigenvalue weighted by molar-refractivity contribution is 5.76. The molecular weight excluding hydrogens is 1040 g/mol. The summed E-state index contributed by atoms with van der Waals surface area (Å²) in [5, 5.41) is 23.5. The second-order valence-corrected chi connectivity index (χ2v) is 26.3.